The molecule has 2 fully saturated rings. The highest BCUT2D eigenvalue weighted by atomic mass is 16.2. The third-order valence-corrected chi connectivity index (χ3v) is 8.75. The minimum absolute atomic E-state index is 0.172. The van der Waals surface area contributed by atoms with Crippen molar-refractivity contribution in [2.45, 2.75) is 45.7 Å². The smallest absolute Gasteiger partial charge is 0.266 e. The summed E-state index contributed by atoms with van der Waals surface area (Å²) in [7, 11) is 0. The summed E-state index contributed by atoms with van der Waals surface area (Å²) < 4.78 is 1.65. The van der Waals surface area contributed by atoms with Crippen LogP contribution in [0.3, 0.4) is 0 Å². The number of hydrogen-bond donors (Lipinski definition) is 1. The van der Waals surface area contributed by atoms with Crippen molar-refractivity contribution in [3.63, 3.8) is 0 Å². The van der Waals surface area contributed by atoms with Gasteiger partial charge in [0, 0.05) is 11.6 Å². The van der Waals surface area contributed by atoms with Crippen LogP contribution < -0.4 is 15.8 Å². The fraction of sp³-hybridized carbons (Fsp3) is 0.312. The largest absolute Gasteiger partial charge is 0.297 e. The molecule has 0 radical (unpaired) electrons. The number of aryl methyl sites for hydroxylation is 2. The molecule has 7 rings (SSSR count). The summed E-state index contributed by atoms with van der Waals surface area (Å²) in [5, 5.41) is 4.30. The van der Waals surface area contributed by atoms with E-state index in [1.807, 2.05) is 74.5 Å². The van der Waals surface area contributed by atoms with Crippen LogP contribution in [0.25, 0.3) is 16.6 Å². The average Bonchev–Trinajstić information content (AvgIpc) is 3.48. The zero-order valence-corrected chi connectivity index (χ0v) is 22.4. The summed E-state index contributed by atoms with van der Waals surface area (Å²) in [6.07, 6.45) is 0.711. The summed E-state index contributed by atoms with van der Waals surface area (Å²) >= 11 is 0. The molecule has 1 N–H and O–H groups in total. The summed E-state index contributed by atoms with van der Waals surface area (Å²) in [6.45, 7) is 8.12. The molecule has 4 unspecified atom stereocenters. The van der Waals surface area contributed by atoms with Crippen LogP contribution in [0.4, 0.5) is 5.69 Å². The predicted octanol–water partition coefficient (Wildman–Crippen LogP) is 4.38. The van der Waals surface area contributed by atoms with Crippen molar-refractivity contribution in [2.75, 3.05) is 4.90 Å². The minimum Gasteiger partial charge on any atom is -0.297 e. The Morgan fingerprint density at radius 3 is 2.33 bits per heavy atom. The van der Waals surface area contributed by atoms with Gasteiger partial charge in [-0.25, -0.2) is 9.88 Å². The van der Waals surface area contributed by atoms with Crippen LogP contribution in [-0.4, -0.2) is 27.4 Å². The first-order valence-corrected chi connectivity index (χ1v) is 13.6. The van der Waals surface area contributed by atoms with Crippen LogP contribution in [-0.2, 0) is 15.1 Å². The van der Waals surface area contributed by atoms with Gasteiger partial charge in [0.15, 0.2) is 0 Å². The van der Waals surface area contributed by atoms with Crippen molar-refractivity contribution in [1.82, 2.24) is 14.9 Å². The molecule has 3 aromatic carbocycles. The highest BCUT2D eigenvalue weighted by molar-refractivity contribution is 6.24. The van der Waals surface area contributed by atoms with Gasteiger partial charge in [-0.3, -0.25) is 24.3 Å². The number of imide groups is 1. The van der Waals surface area contributed by atoms with Crippen molar-refractivity contribution in [3.05, 3.63) is 99.6 Å². The van der Waals surface area contributed by atoms with Gasteiger partial charge in [-0.1, -0.05) is 62.4 Å². The Kier molecular flexibility index (Phi) is 5.04. The Bertz CT molecular complexity index is 1750. The second-order valence-corrected chi connectivity index (χ2v) is 11.6. The van der Waals surface area contributed by atoms with Gasteiger partial charge in [-0.15, -0.1) is 0 Å². The number of benzene rings is 3. The summed E-state index contributed by atoms with van der Waals surface area (Å²) in [4.78, 5) is 49.3. The molecule has 2 saturated heterocycles. The number of carbonyl (C=O) groups is 2. The fourth-order valence-corrected chi connectivity index (χ4v) is 7.31. The fourth-order valence-electron chi connectivity index (χ4n) is 7.31. The van der Waals surface area contributed by atoms with Gasteiger partial charge < -0.3 is 0 Å². The first-order chi connectivity index (χ1) is 18.8. The lowest BCUT2D eigenvalue weighted by atomic mass is 9.75. The van der Waals surface area contributed by atoms with Crippen LogP contribution in [0, 0.1) is 31.6 Å². The van der Waals surface area contributed by atoms with Gasteiger partial charge in [0.2, 0.25) is 11.8 Å². The Morgan fingerprint density at radius 1 is 0.897 bits per heavy atom. The molecule has 4 atom stereocenters. The molecule has 3 aliphatic rings. The molecule has 4 heterocycles. The molecular weight excluding hydrogens is 488 g/mol. The summed E-state index contributed by atoms with van der Waals surface area (Å²) in [5.41, 5.74) is 3.24. The Labute approximate surface area is 226 Å². The monoisotopic (exact) mass is 518 g/mol. The maximum absolute atomic E-state index is 14.6. The number of aromatic nitrogens is 2. The average molecular weight is 519 g/mol. The number of nitrogens with one attached hydrogen (secondary N) is 1. The van der Waals surface area contributed by atoms with E-state index in [1.54, 1.807) is 10.6 Å². The number of amides is 2. The van der Waals surface area contributed by atoms with E-state index in [0.29, 0.717) is 40.4 Å². The van der Waals surface area contributed by atoms with Gasteiger partial charge in [0.1, 0.15) is 11.4 Å². The number of anilines is 1. The Balaban J connectivity index is 1.54. The molecule has 3 aliphatic heterocycles. The van der Waals surface area contributed by atoms with E-state index in [-0.39, 0.29) is 23.4 Å². The quantitative estimate of drug-likeness (QED) is 0.407. The van der Waals surface area contributed by atoms with E-state index in [1.165, 1.54) is 4.90 Å². The molecule has 2 amide bonds. The van der Waals surface area contributed by atoms with Crippen molar-refractivity contribution < 1.29 is 9.59 Å². The molecule has 7 heteroatoms. The van der Waals surface area contributed by atoms with Crippen LogP contribution >= 0.6 is 0 Å². The standard InChI is InChI=1S/C32H30N4O3/c1-17(2)16-23-25-26(30(39)36(29(25)38)27-18(3)10-9-11-19(27)4)32(34-23)21-13-6-8-15-24(21)35-28(37)20-12-5-7-14-22(20)33-31(32)35/h5-15,17,23,25-26,34H,16H2,1-4H3. The van der Waals surface area contributed by atoms with Crippen LogP contribution in [0.2, 0.25) is 0 Å². The number of carbonyl (C=O) groups excluding carboxylic acids is 2. The lowest BCUT2D eigenvalue weighted by Gasteiger charge is -2.32. The Morgan fingerprint density at radius 2 is 1.59 bits per heavy atom. The highest BCUT2D eigenvalue weighted by Crippen LogP contribution is 2.56. The molecule has 39 heavy (non-hydrogen) atoms. The third-order valence-electron chi connectivity index (χ3n) is 8.75. The van der Waals surface area contributed by atoms with Gasteiger partial charge >= 0.3 is 0 Å². The number of fused-ring (bicyclic) bond motifs is 8. The van der Waals surface area contributed by atoms with Crippen LogP contribution in [0.1, 0.15) is 42.8 Å². The minimum atomic E-state index is -1.11. The van der Waals surface area contributed by atoms with E-state index in [4.69, 9.17) is 4.98 Å². The molecule has 7 nitrogen and oxygen atoms in total. The molecule has 1 spiro atoms. The molecule has 0 bridgehead atoms. The van der Waals surface area contributed by atoms with Gasteiger partial charge in [-0.2, -0.15) is 0 Å². The molecule has 196 valence electrons. The first kappa shape index (κ1) is 24.0. The SMILES string of the molecule is Cc1cccc(C)c1N1C(=O)C2C(CC(C)C)NC3(c4ccccc4-n4c3nc3ccccc3c4=O)C2C1=O. The Hall–Kier alpha value is -4.10. The van der Waals surface area contributed by atoms with E-state index in [2.05, 4.69) is 19.2 Å². The van der Waals surface area contributed by atoms with Crippen molar-refractivity contribution >= 4 is 28.4 Å². The number of para-hydroxylation sites is 3. The molecular formula is C32H30N4O3. The van der Waals surface area contributed by atoms with Crippen molar-refractivity contribution in [3.8, 4) is 5.69 Å². The second-order valence-electron chi connectivity index (χ2n) is 11.6. The van der Waals surface area contributed by atoms with Gasteiger partial charge in [0.25, 0.3) is 5.56 Å². The zero-order valence-electron chi connectivity index (χ0n) is 22.4. The van der Waals surface area contributed by atoms with E-state index < -0.39 is 17.4 Å². The predicted molar refractivity (Wildman–Crippen MR) is 150 cm³/mol. The number of nitrogens with zero attached hydrogens (tertiary/aromatic N) is 3. The van der Waals surface area contributed by atoms with E-state index in [9.17, 15) is 14.4 Å². The van der Waals surface area contributed by atoms with Crippen molar-refractivity contribution in [1.29, 1.82) is 0 Å². The zero-order chi connectivity index (χ0) is 27.2. The van der Waals surface area contributed by atoms with Crippen molar-refractivity contribution in [2.24, 2.45) is 17.8 Å². The molecule has 0 saturated carbocycles. The van der Waals surface area contributed by atoms with Gasteiger partial charge in [0.05, 0.1) is 34.1 Å². The first-order valence-electron chi connectivity index (χ1n) is 13.6. The number of hydrogen-bond acceptors (Lipinski definition) is 5. The van der Waals surface area contributed by atoms with Crippen LogP contribution in [0.15, 0.2) is 71.5 Å². The molecule has 4 aromatic rings. The lowest BCUT2D eigenvalue weighted by molar-refractivity contribution is -0.123. The topological polar surface area (TPSA) is 84.3 Å². The van der Waals surface area contributed by atoms with E-state index in [0.717, 1.165) is 16.7 Å². The maximum Gasteiger partial charge on any atom is 0.266 e. The third kappa shape index (κ3) is 3.02. The normalized spacial score (nSPS) is 25.2. The highest BCUT2D eigenvalue weighted by Gasteiger charge is 2.69. The lowest BCUT2D eigenvalue weighted by Crippen LogP contribution is -2.50. The molecule has 1 aromatic heterocycles. The summed E-state index contributed by atoms with van der Waals surface area (Å²) in [6, 6.07) is 20.5. The second kappa shape index (κ2) is 8.20. The van der Waals surface area contributed by atoms with Gasteiger partial charge in [-0.05, 0) is 55.5 Å². The summed E-state index contributed by atoms with van der Waals surface area (Å²) in [5.74, 6) is -0.974. The number of rotatable bonds is 3. The maximum atomic E-state index is 14.6. The molecule has 0 aliphatic carbocycles. The van der Waals surface area contributed by atoms with Crippen LogP contribution in [0.5, 0.6) is 0 Å². The van der Waals surface area contributed by atoms with E-state index >= 15 is 0 Å².